The molecule has 2 fully saturated rings. The van der Waals surface area contributed by atoms with Gasteiger partial charge >= 0.3 is 6.18 Å². The van der Waals surface area contributed by atoms with Crippen LogP contribution in [0.5, 0.6) is 17.2 Å². The van der Waals surface area contributed by atoms with Crippen molar-refractivity contribution in [2.45, 2.75) is 24.6 Å². The number of carbonyl (C=O) groups is 2. The summed E-state index contributed by atoms with van der Waals surface area (Å²) < 4.78 is 49.7. The number of hydrogen-bond donors (Lipinski definition) is 0. The van der Waals surface area contributed by atoms with E-state index in [4.69, 9.17) is 9.47 Å². The molecule has 3 aromatic rings. The molecule has 1 aliphatic heterocycles. The number of amides is 2. The lowest BCUT2D eigenvalue weighted by molar-refractivity contribution is -0.139. The first-order valence-electron chi connectivity index (χ1n) is 13.0. The van der Waals surface area contributed by atoms with Crippen molar-refractivity contribution in [2.24, 2.45) is 0 Å². The predicted molar refractivity (Wildman–Crippen MR) is 144 cm³/mol. The van der Waals surface area contributed by atoms with Gasteiger partial charge in [-0.05, 0) is 73.5 Å². The third-order valence-corrected chi connectivity index (χ3v) is 7.28. The van der Waals surface area contributed by atoms with Gasteiger partial charge in [-0.1, -0.05) is 6.07 Å². The Labute approximate surface area is 230 Å². The molecule has 0 aromatic heterocycles. The van der Waals surface area contributed by atoms with Gasteiger partial charge in [0.2, 0.25) is 0 Å². The highest BCUT2D eigenvalue weighted by Crippen LogP contribution is 2.44. The van der Waals surface area contributed by atoms with E-state index in [-0.39, 0.29) is 29.7 Å². The summed E-state index contributed by atoms with van der Waals surface area (Å²) in [6.07, 6.45) is -2.75. The molecule has 5 rings (SSSR count). The molecule has 210 valence electrons. The van der Waals surface area contributed by atoms with E-state index in [2.05, 4.69) is 0 Å². The molecule has 0 bridgehead atoms. The van der Waals surface area contributed by atoms with Gasteiger partial charge in [0.25, 0.3) is 11.8 Å². The number of halogens is 3. The van der Waals surface area contributed by atoms with Crippen molar-refractivity contribution in [3.05, 3.63) is 83.9 Å². The topological polar surface area (TPSA) is 62.3 Å². The van der Waals surface area contributed by atoms with Crippen LogP contribution >= 0.6 is 0 Å². The minimum Gasteiger partial charge on any atom is -0.484 e. The van der Waals surface area contributed by atoms with Gasteiger partial charge in [0, 0.05) is 51.0 Å². The van der Waals surface area contributed by atoms with E-state index in [0.717, 1.165) is 30.7 Å². The molecular weight excluding hydrogens is 523 g/mol. The minimum absolute atomic E-state index is 0.0625. The zero-order valence-electron chi connectivity index (χ0n) is 22.3. The van der Waals surface area contributed by atoms with Gasteiger partial charge in [-0.25, -0.2) is 0 Å². The molecule has 1 saturated carbocycles. The van der Waals surface area contributed by atoms with Crippen LogP contribution in [0.2, 0.25) is 0 Å². The van der Waals surface area contributed by atoms with Crippen LogP contribution in [-0.4, -0.2) is 67.5 Å². The van der Waals surface area contributed by atoms with Crippen molar-refractivity contribution in [3.63, 3.8) is 0 Å². The van der Waals surface area contributed by atoms with Gasteiger partial charge in [-0.2, -0.15) is 13.2 Å². The second-order valence-corrected chi connectivity index (χ2v) is 10.3. The van der Waals surface area contributed by atoms with E-state index in [1.54, 1.807) is 29.2 Å². The van der Waals surface area contributed by atoms with E-state index < -0.39 is 11.7 Å². The van der Waals surface area contributed by atoms with Crippen LogP contribution in [0.3, 0.4) is 0 Å². The molecule has 40 heavy (non-hydrogen) atoms. The number of piperazine rings is 1. The Hall–Kier alpha value is -4.21. The van der Waals surface area contributed by atoms with E-state index in [1.807, 2.05) is 48.2 Å². The summed E-state index contributed by atoms with van der Waals surface area (Å²) in [5.41, 5.74) is 0.346. The first kappa shape index (κ1) is 27.4. The average Bonchev–Trinajstić information content (AvgIpc) is 3.70. The number of carbonyl (C=O) groups excluding carboxylic acids is 2. The Balaban J connectivity index is 1.16. The molecule has 10 heteroatoms. The highest BCUT2D eigenvalue weighted by atomic mass is 19.4. The van der Waals surface area contributed by atoms with Crippen molar-refractivity contribution in [1.29, 1.82) is 0 Å². The van der Waals surface area contributed by atoms with Gasteiger partial charge in [0.15, 0.2) is 6.61 Å². The number of benzene rings is 3. The molecule has 0 radical (unpaired) electrons. The lowest BCUT2D eigenvalue weighted by Crippen LogP contribution is -2.59. The zero-order valence-corrected chi connectivity index (χ0v) is 22.3. The number of rotatable bonds is 7. The molecule has 2 aliphatic rings. The monoisotopic (exact) mass is 553 g/mol. The summed E-state index contributed by atoms with van der Waals surface area (Å²) in [7, 11) is 3.88. The maximum Gasteiger partial charge on any atom is 0.416 e. The Morgan fingerprint density at radius 3 is 2.15 bits per heavy atom. The van der Waals surface area contributed by atoms with Gasteiger partial charge in [-0.3, -0.25) is 9.59 Å². The van der Waals surface area contributed by atoms with E-state index in [0.29, 0.717) is 36.7 Å². The van der Waals surface area contributed by atoms with E-state index in [9.17, 15) is 22.8 Å². The molecular formula is C30H30F3N3O4. The Kier molecular flexibility index (Phi) is 7.35. The summed E-state index contributed by atoms with van der Waals surface area (Å²) in [4.78, 5) is 31.9. The Morgan fingerprint density at radius 1 is 0.900 bits per heavy atom. The van der Waals surface area contributed by atoms with Crippen LogP contribution < -0.4 is 14.4 Å². The second-order valence-electron chi connectivity index (χ2n) is 10.3. The molecule has 1 aliphatic carbocycles. The van der Waals surface area contributed by atoms with Crippen LogP contribution in [0.4, 0.5) is 18.9 Å². The quantitative estimate of drug-likeness (QED) is 0.389. The molecule has 2 amide bonds. The van der Waals surface area contributed by atoms with Crippen LogP contribution in [-0.2, 0) is 11.0 Å². The number of ether oxygens (including phenoxy) is 2. The van der Waals surface area contributed by atoms with E-state index in [1.165, 1.54) is 12.1 Å². The van der Waals surface area contributed by atoms with Crippen molar-refractivity contribution in [3.8, 4) is 17.2 Å². The number of hydrogen-bond acceptors (Lipinski definition) is 5. The zero-order chi connectivity index (χ0) is 28.5. The first-order valence-corrected chi connectivity index (χ1v) is 13.0. The molecule has 0 unspecified atom stereocenters. The molecule has 1 heterocycles. The summed E-state index contributed by atoms with van der Waals surface area (Å²) in [5.74, 6) is 1.06. The van der Waals surface area contributed by atoms with Crippen molar-refractivity contribution in [1.82, 2.24) is 9.80 Å². The molecule has 3 aromatic carbocycles. The average molecular weight is 554 g/mol. The third-order valence-electron chi connectivity index (χ3n) is 7.28. The number of nitrogens with zero attached hydrogens (tertiary/aromatic N) is 3. The van der Waals surface area contributed by atoms with Crippen LogP contribution in [0.15, 0.2) is 72.8 Å². The van der Waals surface area contributed by atoms with Gasteiger partial charge in [-0.15, -0.1) is 0 Å². The third kappa shape index (κ3) is 6.00. The summed E-state index contributed by atoms with van der Waals surface area (Å²) in [6.45, 7) is 1.23. The second kappa shape index (κ2) is 10.7. The maximum atomic E-state index is 13.2. The largest absolute Gasteiger partial charge is 0.484 e. The smallest absolute Gasteiger partial charge is 0.416 e. The van der Waals surface area contributed by atoms with Gasteiger partial charge in [0.05, 0.1) is 11.1 Å². The molecule has 7 nitrogen and oxygen atoms in total. The summed E-state index contributed by atoms with van der Waals surface area (Å²) >= 11 is 0. The summed E-state index contributed by atoms with van der Waals surface area (Å²) in [6, 6.07) is 18.5. The van der Waals surface area contributed by atoms with Gasteiger partial charge < -0.3 is 24.2 Å². The van der Waals surface area contributed by atoms with Crippen molar-refractivity contribution >= 4 is 17.5 Å². The fourth-order valence-corrected chi connectivity index (χ4v) is 4.88. The fourth-order valence-electron chi connectivity index (χ4n) is 4.88. The Morgan fingerprint density at radius 2 is 1.55 bits per heavy atom. The van der Waals surface area contributed by atoms with Crippen LogP contribution in [0.1, 0.15) is 28.8 Å². The number of alkyl halides is 3. The van der Waals surface area contributed by atoms with Crippen molar-refractivity contribution < 1.29 is 32.2 Å². The normalized spacial score (nSPS) is 16.0. The standard InChI is InChI=1S/C30H30F3N3O4/c1-34(2)23-4-3-5-26(18-23)39-19-27(37)36-17-16-35(20-29(36)14-15-29)28(38)21-6-10-24(11-7-21)40-25-12-8-22(9-13-25)30(31,32)33/h3-13,18H,14-17,19-20H2,1-2H3. The predicted octanol–water partition coefficient (Wildman–Crippen LogP) is 5.46. The lowest BCUT2D eigenvalue weighted by atomic mass is 10.1. The lowest BCUT2D eigenvalue weighted by Gasteiger charge is -2.42. The van der Waals surface area contributed by atoms with Crippen molar-refractivity contribution in [2.75, 3.05) is 45.2 Å². The highest BCUT2D eigenvalue weighted by Gasteiger charge is 2.53. The highest BCUT2D eigenvalue weighted by molar-refractivity contribution is 5.94. The fraction of sp³-hybridized carbons (Fsp3) is 0.333. The van der Waals surface area contributed by atoms with Crippen LogP contribution in [0, 0.1) is 0 Å². The molecule has 0 atom stereocenters. The SMILES string of the molecule is CN(C)c1cccc(OCC(=O)N2CCN(C(=O)c3ccc(Oc4ccc(C(F)(F)F)cc4)cc3)CC23CC3)c1. The van der Waals surface area contributed by atoms with Crippen LogP contribution in [0.25, 0.3) is 0 Å². The maximum absolute atomic E-state index is 13.2. The summed E-state index contributed by atoms with van der Waals surface area (Å²) in [5, 5.41) is 0. The van der Waals surface area contributed by atoms with E-state index >= 15 is 0 Å². The Bertz CT molecular complexity index is 1370. The molecule has 1 saturated heterocycles. The molecule has 0 N–H and O–H groups in total. The molecule has 1 spiro atoms. The first-order chi connectivity index (χ1) is 19.0. The minimum atomic E-state index is -4.41. The number of anilines is 1. The van der Waals surface area contributed by atoms with Gasteiger partial charge in [0.1, 0.15) is 17.2 Å².